The van der Waals surface area contributed by atoms with E-state index in [0.717, 1.165) is 19.1 Å². The molecule has 0 atom stereocenters. The normalized spacial score (nSPS) is 27.1. The van der Waals surface area contributed by atoms with E-state index < -0.39 is 0 Å². The number of hydrogen-bond acceptors (Lipinski definition) is 5. The number of piperidine rings is 2. The van der Waals surface area contributed by atoms with E-state index in [1.165, 1.54) is 141 Å². The molecule has 0 aromatic carbocycles. The molecule has 0 unspecified atom stereocenters. The molecule has 0 spiro atoms. The van der Waals surface area contributed by atoms with E-state index in [-0.39, 0.29) is 0 Å². The molecule has 5 heteroatoms. The quantitative estimate of drug-likeness (QED) is 0.581. The first kappa shape index (κ1) is 22.1. The second-order valence-corrected chi connectivity index (χ2v) is 9.87. The molecule has 0 aromatic heterocycles. The van der Waals surface area contributed by atoms with Crippen molar-refractivity contribution in [2.75, 3.05) is 52.4 Å². The summed E-state index contributed by atoms with van der Waals surface area (Å²) in [6, 6.07) is 0.988. The second-order valence-electron chi connectivity index (χ2n) is 9.87. The monoisotopic (exact) mass is 415 g/mol. The number of aliphatic imine (C=N–C) groups is 2. The molecule has 0 aromatic rings. The molecular formula is C25H45N5. The average Bonchev–Trinajstić information content (AvgIpc) is 3.17. The number of amidine groups is 2. The predicted octanol–water partition coefficient (Wildman–Crippen LogP) is 4.57. The van der Waals surface area contributed by atoms with Crippen LogP contribution < -0.4 is 0 Å². The molecule has 4 saturated heterocycles. The molecule has 0 N–H and O–H groups in total. The van der Waals surface area contributed by atoms with E-state index in [4.69, 9.17) is 0 Å². The number of fused-ring (bicyclic) bond motifs is 3. The molecule has 6 heterocycles. The second kappa shape index (κ2) is 12.1. The third kappa shape index (κ3) is 6.45. The predicted molar refractivity (Wildman–Crippen MR) is 128 cm³/mol. The molecule has 5 nitrogen and oxygen atoms in total. The van der Waals surface area contributed by atoms with Gasteiger partial charge in [0.1, 0.15) is 0 Å². The lowest BCUT2D eigenvalue weighted by Crippen LogP contribution is -2.42. The van der Waals surface area contributed by atoms with Crippen molar-refractivity contribution in [1.82, 2.24) is 14.7 Å². The number of nitrogens with zero attached hydrogens (tertiary/aromatic N) is 5. The van der Waals surface area contributed by atoms with Gasteiger partial charge in [-0.15, -0.1) is 0 Å². The minimum Gasteiger partial charge on any atom is -0.360 e. The molecule has 0 amide bonds. The van der Waals surface area contributed by atoms with Crippen LogP contribution in [0, 0.1) is 0 Å². The van der Waals surface area contributed by atoms with E-state index in [1.54, 1.807) is 0 Å². The zero-order valence-electron chi connectivity index (χ0n) is 19.4. The fourth-order valence-electron chi connectivity index (χ4n) is 5.92. The smallest absolute Gasteiger partial charge is 0.0989 e. The van der Waals surface area contributed by atoms with Gasteiger partial charge in [-0.2, -0.15) is 0 Å². The Morgan fingerprint density at radius 1 is 0.500 bits per heavy atom. The van der Waals surface area contributed by atoms with Crippen molar-refractivity contribution in [3.05, 3.63) is 0 Å². The summed E-state index contributed by atoms with van der Waals surface area (Å²) in [5.74, 6) is 2.77. The van der Waals surface area contributed by atoms with Gasteiger partial charge in [-0.05, 0) is 70.9 Å². The third-order valence-electron chi connectivity index (χ3n) is 7.63. The summed E-state index contributed by atoms with van der Waals surface area (Å²) >= 11 is 0. The standard InChI is InChI=1S/C9H16N2.C9H17N.C7H12N2/c1-2-5-9-10-6-4-8-11(9)7-3-1;1-3-7-10-8-4-2-6-9(10)5-1;1-3-7-8-4-2-6-9(7)5-1/h1-8H2;9H,1-8H2;1-6H2. The number of rotatable bonds is 0. The number of hydrogen-bond donors (Lipinski definition) is 0. The Labute approximate surface area is 185 Å². The molecule has 170 valence electrons. The zero-order valence-corrected chi connectivity index (χ0v) is 19.4. The van der Waals surface area contributed by atoms with Gasteiger partial charge in [-0.3, -0.25) is 9.98 Å². The molecule has 0 saturated carbocycles. The maximum Gasteiger partial charge on any atom is 0.0989 e. The van der Waals surface area contributed by atoms with Gasteiger partial charge in [0.2, 0.25) is 0 Å². The van der Waals surface area contributed by atoms with Crippen LogP contribution in [0.25, 0.3) is 0 Å². The highest BCUT2D eigenvalue weighted by atomic mass is 15.2. The maximum atomic E-state index is 4.55. The molecule has 30 heavy (non-hydrogen) atoms. The SMILES string of the molecule is C1CCC2=NCCCN2CC1.C1CCN2CCCCC2C1.C1CN=C2CCCN2C1. The summed E-state index contributed by atoms with van der Waals surface area (Å²) < 4.78 is 0. The summed E-state index contributed by atoms with van der Waals surface area (Å²) in [5.41, 5.74) is 0. The molecule has 0 aliphatic carbocycles. The topological polar surface area (TPSA) is 34.4 Å². The summed E-state index contributed by atoms with van der Waals surface area (Å²) in [5, 5.41) is 0. The van der Waals surface area contributed by atoms with Crippen LogP contribution in [0.15, 0.2) is 9.98 Å². The summed E-state index contributed by atoms with van der Waals surface area (Å²) in [6.45, 7) is 9.99. The Morgan fingerprint density at radius 2 is 1.03 bits per heavy atom. The van der Waals surface area contributed by atoms with Gasteiger partial charge >= 0.3 is 0 Å². The largest absolute Gasteiger partial charge is 0.360 e. The van der Waals surface area contributed by atoms with E-state index in [2.05, 4.69) is 24.7 Å². The van der Waals surface area contributed by atoms with Crippen molar-refractivity contribution in [2.24, 2.45) is 9.98 Å². The van der Waals surface area contributed by atoms with Crippen LogP contribution in [-0.4, -0.2) is 84.8 Å². The van der Waals surface area contributed by atoms with Crippen LogP contribution in [0.2, 0.25) is 0 Å². The lowest BCUT2D eigenvalue weighted by atomic mass is 9.93. The van der Waals surface area contributed by atoms with Crippen molar-refractivity contribution >= 4 is 11.7 Å². The van der Waals surface area contributed by atoms with Crippen LogP contribution in [0.3, 0.4) is 0 Å². The van der Waals surface area contributed by atoms with Crippen molar-refractivity contribution in [3.63, 3.8) is 0 Å². The lowest BCUT2D eigenvalue weighted by molar-refractivity contribution is 0.109. The van der Waals surface area contributed by atoms with Gasteiger partial charge in [0.25, 0.3) is 0 Å². The van der Waals surface area contributed by atoms with Crippen molar-refractivity contribution in [2.45, 2.75) is 95.9 Å². The molecule has 6 aliphatic heterocycles. The van der Waals surface area contributed by atoms with E-state index in [0.29, 0.717) is 0 Å². The first-order chi connectivity index (χ1) is 14.9. The fraction of sp³-hybridized carbons (Fsp3) is 0.920. The van der Waals surface area contributed by atoms with Gasteiger partial charge in [0.15, 0.2) is 0 Å². The van der Waals surface area contributed by atoms with Gasteiger partial charge in [-0.1, -0.05) is 19.3 Å². The highest BCUT2D eigenvalue weighted by Crippen LogP contribution is 2.25. The first-order valence-electron chi connectivity index (χ1n) is 13.2. The van der Waals surface area contributed by atoms with Crippen molar-refractivity contribution < 1.29 is 0 Å². The highest BCUT2D eigenvalue weighted by molar-refractivity contribution is 5.84. The maximum absolute atomic E-state index is 4.55. The van der Waals surface area contributed by atoms with E-state index in [1.807, 2.05) is 0 Å². The van der Waals surface area contributed by atoms with Crippen LogP contribution in [-0.2, 0) is 0 Å². The molecule has 6 aliphatic rings. The Balaban J connectivity index is 0.000000109. The van der Waals surface area contributed by atoms with Gasteiger partial charge in [-0.25, -0.2) is 0 Å². The van der Waals surface area contributed by atoms with Gasteiger partial charge < -0.3 is 14.7 Å². The van der Waals surface area contributed by atoms with Crippen LogP contribution in [0.5, 0.6) is 0 Å². The first-order valence-corrected chi connectivity index (χ1v) is 13.2. The Bertz CT molecular complexity index is 546. The molecule has 0 bridgehead atoms. The molecule has 0 radical (unpaired) electrons. The highest BCUT2D eigenvalue weighted by Gasteiger charge is 2.24. The molecule has 4 fully saturated rings. The lowest BCUT2D eigenvalue weighted by Gasteiger charge is -2.39. The van der Waals surface area contributed by atoms with Crippen LogP contribution in [0.1, 0.15) is 89.9 Å². The average molecular weight is 416 g/mol. The van der Waals surface area contributed by atoms with Crippen LogP contribution >= 0.6 is 0 Å². The molecule has 6 rings (SSSR count). The Hall–Kier alpha value is -1.10. The zero-order chi connectivity index (χ0) is 20.4. The van der Waals surface area contributed by atoms with Crippen LogP contribution in [0.4, 0.5) is 0 Å². The van der Waals surface area contributed by atoms with E-state index in [9.17, 15) is 0 Å². The fourth-order valence-corrected chi connectivity index (χ4v) is 5.92. The molecular weight excluding hydrogens is 370 g/mol. The Morgan fingerprint density at radius 3 is 1.67 bits per heavy atom. The van der Waals surface area contributed by atoms with Gasteiger partial charge in [0, 0.05) is 58.2 Å². The minimum atomic E-state index is 0.988. The van der Waals surface area contributed by atoms with Crippen molar-refractivity contribution in [3.8, 4) is 0 Å². The third-order valence-corrected chi connectivity index (χ3v) is 7.63. The minimum absolute atomic E-state index is 0.988. The summed E-state index contributed by atoms with van der Waals surface area (Å²) in [4.78, 5) is 16.6. The summed E-state index contributed by atoms with van der Waals surface area (Å²) in [7, 11) is 0. The van der Waals surface area contributed by atoms with Gasteiger partial charge in [0.05, 0.1) is 11.7 Å². The van der Waals surface area contributed by atoms with E-state index >= 15 is 0 Å². The summed E-state index contributed by atoms with van der Waals surface area (Å²) in [6.07, 6.45) is 19.3. The Kier molecular flexibility index (Phi) is 8.89. The van der Waals surface area contributed by atoms with Crippen molar-refractivity contribution in [1.29, 1.82) is 0 Å².